The fourth-order valence-electron chi connectivity index (χ4n) is 1.87. The van der Waals surface area contributed by atoms with Crippen LogP contribution >= 0.6 is 0 Å². The van der Waals surface area contributed by atoms with Crippen LogP contribution in [0.1, 0.15) is 5.56 Å². The highest BCUT2D eigenvalue weighted by atomic mass is 16.6. The molecule has 5 nitrogen and oxygen atoms in total. The van der Waals surface area contributed by atoms with Crippen LogP contribution in [0.5, 0.6) is 0 Å². The first-order chi connectivity index (χ1) is 7.16. The molecule has 0 radical (unpaired) electrons. The first-order valence-corrected chi connectivity index (χ1v) is 4.61. The number of fused-ring (bicyclic) bond motifs is 1. The molecule has 0 spiro atoms. The van der Waals surface area contributed by atoms with Gasteiger partial charge in [0.1, 0.15) is 0 Å². The summed E-state index contributed by atoms with van der Waals surface area (Å²) in [5.74, 6) is 5.05. The topological polar surface area (TPSA) is 62.2 Å². The molecule has 0 saturated heterocycles. The molecule has 2 aromatic rings. The number of nitrogens with zero attached hydrogens (tertiary/aromatic N) is 2. The van der Waals surface area contributed by atoms with Gasteiger partial charge >= 0.3 is 5.69 Å². The van der Waals surface area contributed by atoms with Gasteiger partial charge in [-0.2, -0.15) is 0 Å². The highest BCUT2D eigenvalue weighted by Gasteiger charge is 2.10. The van der Waals surface area contributed by atoms with Crippen LogP contribution in [0.3, 0.4) is 0 Å². The highest BCUT2D eigenvalue weighted by Crippen LogP contribution is 2.16. The van der Waals surface area contributed by atoms with E-state index >= 15 is 0 Å². The number of hydrogen-bond donors (Lipinski definition) is 1. The molecule has 15 heavy (non-hydrogen) atoms. The van der Waals surface area contributed by atoms with E-state index < -0.39 is 0 Å². The van der Waals surface area contributed by atoms with E-state index in [0.29, 0.717) is 6.61 Å². The Bertz CT molecular complexity index is 554. The lowest BCUT2D eigenvalue weighted by Crippen LogP contribution is -2.19. The summed E-state index contributed by atoms with van der Waals surface area (Å²) >= 11 is 0. The van der Waals surface area contributed by atoms with Gasteiger partial charge in [0.05, 0.1) is 17.6 Å². The van der Waals surface area contributed by atoms with Crippen molar-refractivity contribution in [3.05, 3.63) is 34.2 Å². The second kappa shape index (κ2) is 3.52. The van der Waals surface area contributed by atoms with E-state index in [0.717, 1.165) is 16.6 Å². The average Bonchev–Trinajstić information content (AvgIpc) is 2.46. The smallest absolute Gasteiger partial charge is 0.300 e. The van der Waals surface area contributed by atoms with Crippen LogP contribution in [-0.2, 0) is 25.5 Å². The lowest BCUT2D eigenvalue weighted by molar-refractivity contribution is 0.125. The van der Waals surface area contributed by atoms with Crippen molar-refractivity contribution in [3.8, 4) is 0 Å². The Morgan fingerprint density at radius 3 is 2.73 bits per heavy atom. The second-order valence-corrected chi connectivity index (χ2v) is 3.50. The number of imidazole rings is 1. The molecule has 0 atom stereocenters. The minimum atomic E-state index is -0.0468. The van der Waals surface area contributed by atoms with Crippen molar-refractivity contribution in [2.45, 2.75) is 6.61 Å². The zero-order valence-corrected chi connectivity index (χ0v) is 8.73. The maximum atomic E-state index is 11.7. The van der Waals surface area contributed by atoms with Crippen LogP contribution in [0.2, 0.25) is 0 Å². The van der Waals surface area contributed by atoms with E-state index in [1.54, 1.807) is 23.2 Å². The molecule has 0 amide bonds. The third-order valence-corrected chi connectivity index (χ3v) is 2.61. The van der Waals surface area contributed by atoms with Gasteiger partial charge in [0, 0.05) is 19.7 Å². The molecular weight excluding hydrogens is 194 g/mol. The number of para-hydroxylation sites is 1. The Morgan fingerprint density at radius 2 is 2.07 bits per heavy atom. The lowest BCUT2D eigenvalue weighted by Gasteiger charge is -2.02. The zero-order valence-electron chi connectivity index (χ0n) is 8.73. The molecule has 0 saturated carbocycles. The Balaban J connectivity index is 2.85. The van der Waals surface area contributed by atoms with Crippen LogP contribution in [0.25, 0.3) is 11.0 Å². The predicted molar refractivity (Wildman–Crippen MR) is 57.1 cm³/mol. The van der Waals surface area contributed by atoms with E-state index in [1.807, 2.05) is 18.2 Å². The van der Waals surface area contributed by atoms with E-state index in [4.69, 9.17) is 5.90 Å². The summed E-state index contributed by atoms with van der Waals surface area (Å²) in [6.45, 7) is 0.300. The van der Waals surface area contributed by atoms with Crippen LogP contribution in [0.4, 0.5) is 0 Å². The molecule has 1 aromatic heterocycles. The molecule has 80 valence electrons. The Morgan fingerprint density at radius 1 is 1.33 bits per heavy atom. The fraction of sp³-hybridized carbons (Fsp3) is 0.300. The normalized spacial score (nSPS) is 11.1. The standard InChI is InChI=1S/C10H13N3O2/c1-12-8-5-3-4-7(6-15-11)9(8)13(2)10(12)14/h3-5H,6,11H2,1-2H3. The maximum absolute atomic E-state index is 11.7. The first-order valence-electron chi connectivity index (χ1n) is 4.61. The summed E-state index contributed by atoms with van der Waals surface area (Å²) in [7, 11) is 3.49. The Labute approximate surface area is 86.6 Å². The minimum absolute atomic E-state index is 0.0468. The second-order valence-electron chi connectivity index (χ2n) is 3.50. The molecule has 1 heterocycles. The number of aromatic nitrogens is 2. The van der Waals surface area contributed by atoms with Crippen molar-refractivity contribution in [3.63, 3.8) is 0 Å². The minimum Gasteiger partial charge on any atom is -0.300 e. The SMILES string of the molecule is Cn1c(=O)n(C)c2c(CON)cccc21. The van der Waals surface area contributed by atoms with Gasteiger partial charge in [0.2, 0.25) is 0 Å². The summed E-state index contributed by atoms with van der Waals surface area (Å²) in [5.41, 5.74) is 2.62. The van der Waals surface area contributed by atoms with Gasteiger partial charge in [-0.1, -0.05) is 12.1 Å². The third kappa shape index (κ3) is 1.36. The van der Waals surface area contributed by atoms with Crippen LogP contribution in [0.15, 0.2) is 23.0 Å². The number of nitrogens with two attached hydrogens (primary N) is 1. The monoisotopic (exact) mass is 207 g/mol. The summed E-state index contributed by atoms with van der Waals surface area (Å²) in [6.07, 6.45) is 0. The molecule has 2 N–H and O–H groups in total. The van der Waals surface area contributed by atoms with Gasteiger partial charge in [-0.05, 0) is 6.07 Å². The summed E-state index contributed by atoms with van der Waals surface area (Å²) in [4.78, 5) is 16.3. The fourth-order valence-corrected chi connectivity index (χ4v) is 1.87. The van der Waals surface area contributed by atoms with E-state index in [9.17, 15) is 4.79 Å². The number of rotatable bonds is 2. The van der Waals surface area contributed by atoms with E-state index in [1.165, 1.54) is 0 Å². The average molecular weight is 207 g/mol. The summed E-state index contributed by atoms with van der Waals surface area (Å²) in [6, 6.07) is 5.68. The lowest BCUT2D eigenvalue weighted by atomic mass is 10.2. The highest BCUT2D eigenvalue weighted by molar-refractivity contribution is 5.79. The van der Waals surface area contributed by atoms with Crippen molar-refractivity contribution < 1.29 is 4.84 Å². The molecular formula is C10H13N3O2. The molecule has 5 heteroatoms. The molecule has 2 rings (SSSR count). The van der Waals surface area contributed by atoms with Gasteiger partial charge in [-0.3, -0.25) is 14.0 Å². The number of benzene rings is 1. The maximum Gasteiger partial charge on any atom is 0.328 e. The van der Waals surface area contributed by atoms with E-state index in [-0.39, 0.29) is 5.69 Å². The quantitative estimate of drug-likeness (QED) is 0.719. The van der Waals surface area contributed by atoms with Gasteiger partial charge in [0.25, 0.3) is 0 Å². The Kier molecular flexibility index (Phi) is 2.34. The van der Waals surface area contributed by atoms with Crippen molar-refractivity contribution in [1.29, 1.82) is 0 Å². The van der Waals surface area contributed by atoms with Crippen LogP contribution < -0.4 is 11.6 Å². The molecule has 0 unspecified atom stereocenters. The molecule has 0 aliphatic heterocycles. The molecule has 0 bridgehead atoms. The van der Waals surface area contributed by atoms with Crippen molar-refractivity contribution in [2.24, 2.45) is 20.0 Å². The molecule has 0 fully saturated rings. The summed E-state index contributed by atoms with van der Waals surface area (Å²) in [5, 5.41) is 0. The third-order valence-electron chi connectivity index (χ3n) is 2.61. The first kappa shape index (κ1) is 9.95. The largest absolute Gasteiger partial charge is 0.328 e. The van der Waals surface area contributed by atoms with Gasteiger partial charge in [-0.15, -0.1) is 0 Å². The van der Waals surface area contributed by atoms with Crippen molar-refractivity contribution >= 4 is 11.0 Å². The molecule has 0 aliphatic rings. The van der Waals surface area contributed by atoms with Gasteiger partial charge < -0.3 is 0 Å². The van der Waals surface area contributed by atoms with Gasteiger partial charge in [-0.25, -0.2) is 10.7 Å². The predicted octanol–water partition coefficient (Wildman–Crippen LogP) is 0.267. The van der Waals surface area contributed by atoms with Crippen LogP contribution in [-0.4, -0.2) is 9.13 Å². The Hall–Kier alpha value is -1.59. The van der Waals surface area contributed by atoms with Crippen molar-refractivity contribution in [1.82, 2.24) is 9.13 Å². The molecule has 1 aromatic carbocycles. The number of hydrogen-bond acceptors (Lipinski definition) is 3. The van der Waals surface area contributed by atoms with Crippen molar-refractivity contribution in [2.75, 3.05) is 0 Å². The zero-order chi connectivity index (χ0) is 11.0. The summed E-state index contributed by atoms with van der Waals surface area (Å²) < 4.78 is 3.21. The van der Waals surface area contributed by atoms with Crippen LogP contribution in [0, 0.1) is 0 Å². The van der Waals surface area contributed by atoms with Gasteiger partial charge in [0.15, 0.2) is 0 Å². The molecule has 0 aliphatic carbocycles. The number of aryl methyl sites for hydroxylation is 2. The van der Waals surface area contributed by atoms with E-state index in [2.05, 4.69) is 4.84 Å².